The second-order valence-corrected chi connectivity index (χ2v) is 4.44. The molecule has 1 aliphatic rings. The van der Waals surface area contributed by atoms with E-state index in [9.17, 15) is 4.79 Å². The maximum atomic E-state index is 12.0. The molecule has 0 spiro atoms. The predicted octanol–water partition coefficient (Wildman–Crippen LogP) is 1.78. The van der Waals surface area contributed by atoms with Crippen molar-refractivity contribution in [3.63, 3.8) is 0 Å². The Bertz CT molecular complexity index is 442. The number of hydrogen-bond donors (Lipinski definition) is 2. The minimum absolute atomic E-state index is 0.00344. The van der Waals surface area contributed by atoms with E-state index in [0.29, 0.717) is 18.1 Å². The Morgan fingerprint density at radius 2 is 2.32 bits per heavy atom. The summed E-state index contributed by atoms with van der Waals surface area (Å²) in [6.07, 6.45) is 1.94. The molecular formula is C14H20N2O3. The van der Waals surface area contributed by atoms with Gasteiger partial charge in [0.05, 0.1) is 19.8 Å². The van der Waals surface area contributed by atoms with Gasteiger partial charge < -0.3 is 20.1 Å². The van der Waals surface area contributed by atoms with Gasteiger partial charge in [-0.2, -0.15) is 0 Å². The van der Waals surface area contributed by atoms with Crippen LogP contribution in [0.4, 0.5) is 5.69 Å². The molecule has 0 aromatic heterocycles. The van der Waals surface area contributed by atoms with Gasteiger partial charge in [-0.25, -0.2) is 0 Å². The van der Waals surface area contributed by atoms with E-state index in [2.05, 4.69) is 10.6 Å². The number of benzene rings is 1. The maximum absolute atomic E-state index is 12.0. The Balaban J connectivity index is 2.05. The van der Waals surface area contributed by atoms with Crippen molar-refractivity contribution in [1.82, 2.24) is 5.32 Å². The lowest BCUT2D eigenvalue weighted by Gasteiger charge is -2.14. The average Bonchev–Trinajstić information content (AvgIpc) is 2.94. The molecule has 104 valence electrons. The first kappa shape index (κ1) is 13.7. The largest absolute Gasteiger partial charge is 0.493 e. The molecule has 0 radical (unpaired) electrons. The molecule has 1 saturated heterocycles. The second kappa shape index (κ2) is 6.43. The third-order valence-electron chi connectivity index (χ3n) is 3.11. The summed E-state index contributed by atoms with van der Waals surface area (Å²) >= 11 is 0. The molecule has 5 heteroatoms. The Hall–Kier alpha value is -1.75. The van der Waals surface area contributed by atoms with Crippen LogP contribution in [0, 0.1) is 0 Å². The lowest BCUT2D eigenvalue weighted by molar-refractivity contribution is -0.117. The maximum Gasteiger partial charge on any atom is 0.241 e. The zero-order chi connectivity index (χ0) is 13.7. The van der Waals surface area contributed by atoms with Crippen LogP contribution in [-0.4, -0.2) is 32.2 Å². The monoisotopic (exact) mass is 264 g/mol. The van der Waals surface area contributed by atoms with Crippen molar-refractivity contribution in [3.8, 4) is 11.5 Å². The van der Waals surface area contributed by atoms with Gasteiger partial charge >= 0.3 is 0 Å². The van der Waals surface area contributed by atoms with Gasteiger partial charge in [0, 0.05) is 11.8 Å². The normalized spacial score (nSPS) is 18.1. The van der Waals surface area contributed by atoms with E-state index in [1.165, 1.54) is 0 Å². The molecule has 2 N–H and O–H groups in total. The molecular weight excluding hydrogens is 244 g/mol. The first-order valence-electron chi connectivity index (χ1n) is 6.59. The molecule has 1 heterocycles. The SMILES string of the molecule is CCOc1ccc(NC(=O)C2CCCN2)cc1OC. The Kier molecular flexibility index (Phi) is 4.63. The molecule has 19 heavy (non-hydrogen) atoms. The molecule has 0 aliphatic carbocycles. The summed E-state index contributed by atoms with van der Waals surface area (Å²) in [5.41, 5.74) is 0.721. The quantitative estimate of drug-likeness (QED) is 0.851. The van der Waals surface area contributed by atoms with Crippen molar-refractivity contribution in [3.05, 3.63) is 18.2 Å². The molecule has 5 nitrogen and oxygen atoms in total. The highest BCUT2D eigenvalue weighted by molar-refractivity contribution is 5.95. The van der Waals surface area contributed by atoms with Crippen LogP contribution in [0.2, 0.25) is 0 Å². The third-order valence-corrected chi connectivity index (χ3v) is 3.11. The third kappa shape index (κ3) is 3.38. The number of hydrogen-bond acceptors (Lipinski definition) is 4. The molecule has 1 atom stereocenters. The molecule has 1 unspecified atom stereocenters. The lowest BCUT2D eigenvalue weighted by atomic mass is 10.2. The highest BCUT2D eigenvalue weighted by Gasteiger charge is 2.22. The van der Waals surface area contributed by atoms with Crippen molar-refractivity contribution < 1.29 is 14.3 Å². The molecule has 2 rings (SSSR count). The summed E-state index contributed by atoms with van der Waals surface area (Å²) in [6.45, 7) is 3.40. The minimum atomic E-state index is -0.0856. The van der Waals surface area contributed by atoms with Crippen molar-refractivity contribution in [2.45, 2.75) is 25.8 Å². The van der Waals surface area contributed by atoms with Crippen LogP contribution in [0.1, 0.15) is 19.8 Å². The van der Waals surface area contributed by atoms with E-state index < -0.39 is 0 Å². The fourth-order valence-corrected chi connectivity index (χ4v) is 2.16. The second-order valence-electron chi connectivity index (χ2n) is 4.44. The first-order chi connectivity index (χ1) is 9.24. The van der Waals surface area contributed by atoms with Gasteiger partial charge in [0.25, 0.3) is 0 Å². The highest BCUT2D eigenvalue weighted by atomic mass is 16.5. The molecule has 1 aliphatic heterocycles. The fraction of sp³-hybridized carbons (Fsp3) is 0.500. The van der Waals surface area contributed by atoms with Crippen LogP contribution in [0.15, 0.2) is 18.2 Å². The van der Waals surface area contributed by atoms with Gasteiger partial charge in [0.2, 0.25) is 5.91 Å². The molecule has 1 aromatic rings. The van der Waals surface area contributed by atoms with Crippen LogP contribution in [0.25, 0.3) is 0 Å². The van der Waals surface area contributed by atoms with Crippen molar-refractivity contribution in [2.24, 2.45) is 0 Å². The van der Waals surface area contributed by atoms with Gasteiger partial charge in [-0.05, 0) is 38.4 Å². The number of rotatable bonds is 5. The van der Waals surface area contributed by atoms with E-state index in [4.69, 9.17) is 9.47 Å². The topological polar surface area (TPSA) is 59.6 Å². The van der Waals surface area contributed by atoms with Crippen LogP contribution in [0.3, 0.4) is 0 Å². The summed E-state index contributed by atoms with van der Waals surface area (Å²) in [5.74, 6) is 1.31. The summed E-state index contributed by atoms with van der Waals surface area (Å²) in [7, 11) is 1.59. The van der Waals surface area contributed by atoms with Gasteiger partial charge in [-0.15, -0.1) is 0 Å². The number of amides is 1. The minimum Gasteiger partial charge on any atom is -0.493 e. The summed E-state index contributed by atoms with van der Waals surface area (Å²) in [5, 5.41) is 6.06. The Morgan fingerprint density at radius 1 is 1.47 bits per heavy atom. The molecule has 0 bridgehead atoms. The number of methoxy groups -OCH3 is 1. The van der Waals surface area contributed by atoms with Crippen LogP contribution in [0.5, 0.6) is 11.5 Å². The van der Waals surface area contributed by atoms with Gasteiger partial charge in [-0.3, -0.25) is 4.79 Å². The number of nitrogens with one attached hydrogen (secondary N) is 2. The number of carbonyl (C=O) groups excluding carboxylic acids is 1. The smallest absolute Gasteiger partial charge is 0.241 e. The van der Waals surface area contributed by atoms with Gasteiger partial charge in [0.15, 0.2) is 11.5 Å². The molecule has 1 fully saturated rings. The van der Waals surface area contributed by atoms with Gasteiger partial charge in [0.1, 0.15) is 0 Å². The zero-order valence-electron chi connectivity index (χ0n) is 11.4. The summed E-state index contributed by atoms with van der Waals surface area (Å²) in [4.78, 5) is 12.0. The zero-order valence-corrected chi connectivity index (χ0v) is 11.4. The highest BCUT2D eigenvalue weighted by Crippen LogP contribution is 2.30. The standard InChI is InChI=1S/C14H20N2O3/c1-3-19-12-7-6-10(9-13(12)18-2)16-14(17)11-5-4-8-15-11/h6-7,9,11,15H,3-5,8H2,1-2H3,(H,16,17). The Labute approximate surface area is 113 Å². The van der Waals surface area contributed by atoms with E-state index in [1.807, 2.05) is 13.0 Å². The van der Waals surface area contributed by atoms with E-state index in [0.717, 1.165) is 25.1 Å². The molecule has 1 aromatic carbocycles. The predicted molar refractivity (Wildman–Crippen MR) is 73.8 cm³/mol. The van der Waals surface area contributed by atoms with E-state index in [1.54, 1.807) is 19.2 Å². The van der Waals surface area contributed by atoms with Crippen molar-refractivity contribution in [2.75, 3.05) is 25.6 Å². The van der Waals surface area contributed by atoms with Crippen molar-refractivity contribution in [1.29, 1.82) is 0 Å². The fourth-order valence-electron chi connectivity index (χ4n) is 2.16. The number of ether oxygens (including phenoxy) is 2. The van der Waals surface area contributed by atoms with Crippen molar-refractivity contribution >= 4 is 11.6 Å². The van der Waals surface area contributed by atoms with E-state index in [-0.39, 0.29) is 11.9 Å². The average molecular weight is 264 g/mol. The lowest BCUT2D eigenvalue weighted by Crippen LogP contribution is -2.35. The summed E-state index contributed by atoms with van der Waals surface area (Å²) < 4.78 is 10.7. The van der Waals surface area contributed by atoms with Crippen LogP contribution < -0.4 is 20.1 Å². The number of anilines is 1. The summed E-state index contributed by atoms with van der Waals surface area (Å²) in [6, 6.07) is 5.32. The van der Waals surface area contributed by atoms with Crippen LogP contribution in [-0.2, 0) is 4.79 Å². The molecule has 1 amide bonds. The first-order valence-corrected chi connectivity index (χ1v) is 6.59. The van der Waals surface area contributed by atoms with Crippen LogP contribution >= 0.6 is 0 Å². The van der Waals surface area contributed by atoms with E-state index >= 15 is 0 Å². The molecule has 0 saturated carbocycles. The number of carbonyl (C=O) groups is 1. The van der Waals surface area contributed by atoms with Gasteiger partial charge in [-0.1, -0.05) is 0 Å². The Morgan fingerprint density at radius 3 is 2.95 bits per heavy atom.